The molecule has 0 spiro atoms. The second kappa shape index (κ2) is 8.43. The van der Waals surface area contributed by atoms with Crippen LogP contribution in [0.1, 0.15) is 11.1 Å². The molecular formula is C18H16Cl4N2O. The number of rotatable bonds is 5. The third-order valence-electron chi connectivity index (χ3n) is 3.88. The van der Waals surface area contributed by atoms with Crippen LogP contribution in [0.3, 0.4) is 0 Å². The van der Waals surface area contributed by atoms with Gasteiger partial charge in [-0.2, -0.15) is 0 Å². The summed E-state index contributed by atoms with van der Waals surface area (Å²) in [6, 6.07) is 12.4. The molecule has 0 aliphatic rings. The van der Waals surface area contributed by atoms with E-state index in [0.717, 1.165) is 11.1 Å². The maximum Gasteiger partial charge on any atom is 0.112 e. The summed E-state index contributed by atoms with van der Waals surface area (Å²) < 4.78 is 1.83. The van der Waals surface area contributed by atoms with Crippen LogP contribution in [0.4, 0.5) is 0 Å². The van der Waals surface area contributed by atoms with E-state index in [9.17, 15) is 5.11 Å². The first-order chi connectivity index (χ1) is 11.5. The first-order valence-electron chi connectivity index (χ1n) is 7.34. The van der Waals surface area contributed by atoms with E-state index in [1.54, 1.807) is 36.8 Å². The summed E-state index contributed by atoms with van der Waals surface area (Å²) in [5.41, 5.74) is 0.410. The molecule has 1 N–H and O–H groups in total. The summed E-state index contributed by atoms with van der Waals surface area (Å²) >= 11 is 18.2. The van der Waals surface area contributed by atoms with Crippen molar-refractivity contribution in [3.8, 4) is 0 Å². The molecular weight excluding hydrogens is 402 g/mol. The van der Waals surface area contributed by atoms with E-state index in [1.165, 1.54) is 0 Å². The maximum atomic E-state index is 11.4. The molecule has 0 aliphatic heterocycles. The fourth-order valence-corrected chi connectivity index (χ4v) is 3.27. The van der Waals surface area contributed by atoms with Crippen LogP contribution in [0.15, 0.2) is 61.2 Å². The molecule has 1 heterocycles. The first-order valence-corrected chi connectivity index (χ1v) is 8.48. The summed E-state index contributed by atoms with van der Waals surface area (Å²) in [7, 11) is 0. The fourth-order valence-electron chi connectivity index (χ4n) is 2.67. The van der Waals surface area contributed by atoms with E-state index < -0.39 is 5.60 Å². The Bertz CT molecular complexity index is 822. The highest BCUT2D eigenvalue weighted by Crippen LogP contribution is 2.32. The van der Waals surface area contributed by atoms with Crippen molar-refractivity contribution in [1.29, 1.82) is 0 Å². The van der Waals surface area contributed by atoms with Gasteiger partial charge < -0.3 is 9.67 Å². The van der Waals surface area contributed by atoms with Crippen LogP contribution in [0.5, 0.6) is 0 Å². The van der Waals surface area contributed by atoms with Crippen LogP contribution in [0, 0.1) is 0 Å². The zero-order valence-electron chi connectivity index (χ0n) is 13.1. The minimum atomic E-state index is -1.16. The van der Waals surface area contributed by atoms with E-state index in [4.69, 9.17) is 34.8 Å². The summed E-state index contributed by atoms with van der Waals surface area (Å²) in [5.74, 6) is 0. The zero-order valence-corrected chi connectivity index (χ0v) is 16.2. The van der Waals surface area contributed by atoms with E-state index in [2.05, 4.69) is 4.98 Å². The zero-order chi connectivity index (χ0) is 17.2. The third-order valence-corrected chi connectivity index (χ3v) is 4.72. The van der Waals surface area contributed by atoms with Crippen molar-refractivity contribution in [2.24, 2.45) is 0 Å². The fraction of sp³-hybridized carbons (Fsp3) is 0.167. The van der Waals surface area contributed by atoms with Crippen molar-refractivity contribution in [1.82, 2.24) is 9.55 Å². The monoisotopic (exact) mass is 416 g/mol. The molecule has 3 aromatic rings. The number of aliphatic hydroxyl groups is 1. The quantitative estimate of drug-likeness (QED) is 0.603. The second-order valence-corrected chi connectivity index (χ2v) is 6.97. The molecule has 0 saturated heterocycles. The Morgan fingerprint density at radius 2 is 1.68 bits per heavy atom. The number of hydrogen-bond acceptors (Lipinski definition) is 2. The van der Waals surface area contributed by atoms with Gasteiger partial charge in [0, 0.05) is 33.9 Å². The Hall–Kier alpha value is -1.23. The lowest BCUT2D eigenvalue weighted by molar-refractivity contribution is 0.0185. The predicted octanol–water partition coefficient (Wildman–Crippen LogP) is 5.40. The molecule has 0 fully saturated rings. The smallest absolute Gasteiger partial charge is 0.112 e. The summed E-state index contributed by atoms with van der Waals surface area (Å²) in [6.07, 6.45) is 5.50. The summed E-state index contributed by atoms with van der Waals surface area (Å²) in [4.78, 5) is 4.04. The van der Waals surface area contributed by atoms with Crippen molar-refractivity contribution >= 4 is 47.2 Å². The molecule has 1 unspecified atom stereocenters. The van der Waals surface area contributed by atoms with Crippen molar-refractivity contribution in [2.45, 2.75) is 18.6 Å². The topological polar surface area (TPSA) is 38.0 Å². The van der Waals surface area contributed by atoms with Gasteiger partial charge in [-0.15, -0.1) is 12.4 Å². The van der Waals surface area contributed by atoms with Gasteiger partial charge in [0.2, 0.25) is 0 Å². The molecule has 7 heteroatoms. The maximum absolute atomic E-state index is 11.4. The second-order valence-electron chi connectivity index (χ2n) is 5.69. The highest BCUT2D eigenvalue weighted by atomic mass is 35.5. The first kappa shape index (κ1) is 20.1. The van der Waals surface area contributed by atoms with Crippen LogP contribution in [-0.4, -0.2) is 14.7 Å². The van der Waals surface area contributed by atoms with Gasteiger partial charge in [0.05, 0.1) is 12.9 Å². The number of nitrogens with zero attached hydrogens (tertiary/aromatic N) is 2. The molecule has 0 amide bonds. The standard InChI is InChI=1S/C18H15Cl3N2O.ClH/c19-15-5-2-14(3-6-15)18(24,11-23-8-7-22-12-23)10-13-1-4-16(20)9-17(13)21;/h1-9,12,24H,10-11H2;1H. The lowest BCUT2D eigenvalue weighted by Gasteiger charge is -2.30. The van der Waals surface area contributed by atoms with Gasteiger partial charge in [-0.25, -0.2) is 4.98 Å². The Balaban J connectivity index is 0.00000225. The van der Waals surface area contributed by atoms with Gasteiger partial charge in [0.1, 0.15) is 5.60 Å². The van der Waals surface area contributed by atoms with Gasteiger partial charge in [-0.05, 0) is 35.4 Å². The van der Waals surface area contributed by atoms with Gasteiger partial charge in [-0.1, -0.05) is 53.0 Å². The van der Waals surface area contributed by atoms with Crippen molar-refractivity contribution in [3.05, 3.63) is 87.4 Å². The van der Waals surface area contributed by atoms with Crippen molar-refractivity contribution < 1.29 is 5.11 Å². The molecule has 2 aromatic carbocycles. The number of aromatic nitrogens is 2. The van der Waals surface area contributed by atoms with Crippen molar-refractivity contribution in [2.75, 3.05) is 0 Å². The third kappa shape index (κ3) is 4.90. The van der Waals surface area contributed by atoms with Gasteiger partial charge in [0.15, 0.2) is 0 Å². The average Bonchev–Trinajstić information content (AvgIpc) is 3.03. The SMILES string of the molecule is Cl.OC(Cc1ccc(Cl)cc1Cl)(Cn1ccnc1)c1ccc(Cl)cc1. The summed E-state index contributed by atoms with van der Waals surface area (Å²) in [5, 5.41) is 13.1. The number of halogens is 4. The minimum absolute atomic E-state index is 0. The van der Waals surface area contributed by atoms with Gasteiger partial charge in [-0.3, -0.25) is 0 Å². The molecule has 0 aliphatic carbocycles. The van der Waals surface area contributed by atoms with E-state index in [1.807, 2.05) is 29.0 Å². The lowest BCUT2D eigenvalue weighted by atomic mass is 9.87. The van der Waals surface area contributed by atoms with Crippen LogP contribution in [0.25, 0.3) is 0 Å². The Labute approximate surface area is 167 Å². The van der Waals surface area contributed by atoms with Crippen molar-refractivity contribution in [3.63, 3.8) is 0 Å². The van der Waals surface area contributed by atoms with E-state index in [0.29, 0.717) is 28.0 Å². The highest BCUT2D eigenvalue weighted by Gasteiger charge is 2.31. The molecule has 132 valence electrons. The molecule has 0 saturated carbocycles. The Kier molecular flexibility index (Phi) is 6.78. The number of hydrogen-bond donors (Lipinski definition) is 1. The lowest BCUT2D eigenvalue weighted by Crippen LogP contribution is -2.33. The van der Waals surface area contributed by atoms with Gasteiger partial charge >= 0.3 is 0 Å². The minimum Gasteiger partial charge on any atom is -0.383 e. The molecule has 0 radical (unpaired) electrons. The molecule has 0 bridgehead atoms. The number of imidazole rings is 1. The Morgan fingerprint density at radius 3 is 2.28 bits per heavy atom. The number of benzene rings is 2. The van der Waals surface area contributed by atoms with E-state index in [-0.39, 0.29) is 12.4 Å². The summed E-state index contributed by atoms with van der Waals surface area (Å²) in [6.45, 7) is 0.341. The Morgan fingerprint density at radius 1 is 1.00 bits per heavy atom. The van der Waals surface area contributed by atoms with Gasteiger partial charge in [0.25, 0.3) is 0 Å². The molecule has 3 nitrogen and oxygen atoms in total. The molecule has 25 heavy (non-hydrogen) atoms. The van der Waals surface area contributed by atoms with E-state index >= 15 is 0 Å². The predicted molar refractivity (Wildman–Crippen MR) is 105 cm³/mol. The van der Waals surface area contributed by atoms with Crippen LogP contribution in [0.2, 0.25) is 15.1 Å². The van der Waals surface area contributed by atoms with Crippen LogP contribution in [-0.2, 0) is 18.6 Å². The molecule has 3 rings (SSSR count). The normalized spacial score (nSPS) is 13.1. The molecule has 1 atom stereocenters. The van der Waals surface area contributed by atoms with Crippen LogP contribution < -0.4 is 0 Å². The average molecular weight is 418 g/mol. The van der Waals surface area contributed by atoms with Crippen LogP contribution >= 0.6 is 47.2 Å². The molecule has 1 aromatic heterocycles. The largest absolute Gasteiger partial charge is 0.383 e. The highest BCUT2D eigenvalue weighted by molar-refractivity contribution is 6.35.